The van der Waals surface area contributed by atoms with E-state index in [0.717, 1.165) is 35.0 Å². The van der Waals surface area contributed by atoms with Gasteiger partial charge in [-0.2, -0.15) is 4.57 Å². The first-order chi connectivity index (χ1) is 9.42. The lowest BCUT2D eigenvalue weighted by atomic mass is 10.2. The highest BCUT2D eigenvalue weighted by Gasteiger charge is 2.34. The quantitative estimate of drug-likeness (QED) is 0.387. The maximum atomic E-state index is 5.99. The number of hydrogen-bond acceptors (Lipinski definition) is 4. The molecule has 5 heterocycles. The minimum atomic E-state index is 0.737. The van der Waals surface area contributed by atoms with Crippen LogP contribution in [0.4, 0.5) is 0 Å². The van der Waals surface area contributed by atoms with Gasteiger partial charge in [0.15, 0.2) is 0 Å². The first kappa shape index (κ1) is 9.21. The molecule has 6 nitrogen and oxygen atoms in total. The minimum absolute atomic E-state index is 0.737. The second-order valence-corrected chi connectivity index (χ2v) is 4.58. The molecule has 0 spiro atoms. The summed E-state index contributed by atoms with van der Waals surface area (Å²) >= 11 is 0. The molecule has 0 amide bonds. The number of oxazole rings is 1. The highest BCUT2D eigenvalue weighted by atomic mass is 16.4. The molecule has 0 bridgehead atoms. The molecular formula is C13H8N5O+. The van der Waals surface area contributed by atoms with Crippen LogP contribution in [-0.4, -0.2) is 19.4 Å². The van der Waals surface area contributed by atoms with Crippen molar-refractivity contribution in [1.29, 1.82) is 0 Å². The van der Waals surface area contributed by atoms with Gasteiger partial charge in [-0.1, -0.05) is 0 Å². The van der Waals surface area contributed by atoms with Crippen LogP contribution in [0.1, 0.15) is 5.56 Å². The lowest BCUT2D eigenvalue weighted by molar-refractivity contribution is -0.651. The minimum Gasteiger partial charge on any atom is -0.396 e. The predicted octanol–water partition coefficient (Wildman–Crippen LogP) is 1.19. The number of fused-ring (bicyclic) bond motifs is 7. The molecule has 0 radical (unpaired) electrons. The Hall–Kier alpha value is -2.76. The van der Waals surface area contributed by atoms with E-state index in [1.165, 1.54) is 5.56 Å². The SMILES string of the molecule is c1cc2c(cn1)C[n+]1c-2oc2c1nc1ccncn12. The zero-order chi connectivity index (χ0) is 12.4. The third kappa shape index (κ3) is 1.02. The number of aromatic nitrogens is 5. The third-order valence-corrected chi connectivity index (χ3v) is 3.53. The van der Waals surface area contributed by atoms with E-state index >= 15 is 0 Å². The Bertz CT molecular complexity index is 952. The predicted molar refractivity (Wildman–Crippen MR) is 65.3 cm³/mol. The number of pyridine rings is 1. The molecule has 0 unspecified atom stereocenters. The van der Waals surface area contributed by atoms with Crippen molar-refractivity contribution in [2.45, 2.75) is 6.54 Å². The molecule has 5 rings (SSSR count). The standard InChI is InChI=1S/C13H8N5O/c1-3-14-5-8-6-17-11-13(19-12(17)9(1)8)18-7-15-4-2-10(18)16-11/h1-5,7H,6H2/q+1. The summed E-state index contributed by atoms with van der Waals surface area (Å²) in [6.07, 6.45) is 7.10. The van der Waals surface area contributed by atoms with Crippen LogP contribution in [0.5, 0.6) is 0 Å². The zero-order valence-corrected chi connectivity index (χ0v) is 9.82. The van der Waals surface area contributed by atoms with Gasteiger partial charge in [0.05, 0.1) is 5.56 Å². The molecule has 0 fully saturated rings. The van der Waals surface area contributed by atoms with Crippen LogP contribution in [0.3, 0.4) is 0 Å². The van der Waals surface area contributed by atoms with Crippen molar-refractivity contribution in [3.63, 3.8) is 0 Å². The van der Waals surface area contributed by atoms with Gasteiger partial charge in [-0.05, 0) is 11.1 Å². The molecule has 0 saturated carbocycles. The lowest BCUT2D eigenvalue weighted by Gasteiger charge is -1.91. The Morgan fingerprint density at radius 2 is 2.16 bits per heavy atom. The number of hydrogen-bond donors (Lipinski definition) is 0. The highest BCUT2D eigenvalue weighted by molar-refractivity contribution is 5.72. The number of nitrogens with zero attached hydrogens (tertiary/aromatic N) is 5. The Kier molecular flexibility index (Phi) is 1.44. The van der Waals surface area contributed by atoms with Crippen molar-refractivity contribution in [1.82, 2.24) is 19.4 Å². The van der Waals surface area contributed by atoms with Gasteiger partial charge in [0, 0.05) is 30.2 Å². The summed E-state index contributed by atoms with van der Waals surface area (Å²) in [4.78, 5) is 12.9. The summed E-state index contributed by atoms with van der Waals surface area (Å²) in [5, 5.41) is 0. The van der Waals surface area contributed by atoms with E-state index in [9.17, 15) is 0 Å². The topological polar surface area (TPSA) is 60.1 Å². The molecule has 4 aromatic rings. The van der Waals surface area contributed by atoms with Gasteiger partial charge in [0.25, 0.3) is 11.5 Å². The van der Waals surface area contributed by atoms with Gasteiger partial charge in [-0.15, -0.1) is 0 Å². The van der Waals surface area contributed by atoms with Gasteiger partial charge in [0.2, 0.25) is 0 Å². The largest absolute Gasteiger partial charge is 0.396 e. The van der Waals surface area contributed by atoms with Crippen molar-refractivity contribution in [2.24, 2.45) is 0 Å². The maximum Gasteiger partial charge on any atom is 0.390 e. The summed E-state index contributed by atoms with van der Waals surface area (Å²) in [6.45, 7) is 0.753. The van der Waals surface area contributed by atoms with Crippen LogP contribution in [0.25, 0.3) is 28.5 Å². The first-order valence-corrected chi connectivity index (χ1v) is 5.99. The fourth-order valence-corrected chi connectivity index (χ4v) is 2.66. The van der Waals surface area contributed by atoms with E-state index < -0.39 is 0 Å². The molecule has 90 valence electrons. The van der Waals surface area contributed by atoms with E-state index in [1.54, 1.807) is 18.7 Å². The highest BCUT2D eigenvalue weighted by Crippen LogP contribution is 2.30. The van der Waals surface area contributed by atoms with Crippen molar-refractivity contribution in [3.05, 3.63) is 42.6 Å². The molecule has 0 aromatic carbocycles. The van der Waals surface area contributed by atoms with Crippen LogP contribution in [0, 0.1) is 0 Å². The molecule has 1 aliphatic rings. The van der Waals surface area contributed by atoms with E-state index in [0.29, 0.717) is 0 Å². The average molecular weight is 250 g/mol. The second-order valence-electron chi connectivity index (χ2n) is 4.58. The molecule has 4 aromatic heterocycles. The van der Waals surface area contributed by atoms with Crippen LogP contribution in [0.15, 0.2) is 41.5 Å². The Morgan fingerprint density at radius 1 is 1.21 bits per heavy atom. The molecule has 0 N–H and O–H groups in total. The monoisotopic (exact) mass is 250 g/mol. The normalized spacial score (nSPS) is 13.1. The van der Waals surface area contributed by atoms with Crippen molar-refractivity contribution in [2.75, 3.05) is 0 Å². The molecular weight excluding hydrogens is 242 g/mol. The molecule has 1 aliphatic heterocycles. The molecule has 0 saturated heterocycles. The van der Waals surface area contributed by atoms with Crippen molar-refractivity contribution in [3.8, 4) is 11.5 Å². The third-order valence-electron chi connectivity index (χ3n) is 3.53. The van der Waals surface area contributed by atoms with E-state index in [2.05, 4.69) is 19.5 Å². The average Bonchev–Trinajstić information content (AvgIpc) is 3.07. The van der Waals surface area contributed by atoms with Crippen molar-refractivity contribution >= 4 is 17.0 Å². The smallest absolute Gasteiger partial charge is 0.390 e. The second kappa shape index (κ2) is 2.97. The van der Waals surface area contributed by atoms with Gasteiger partial charge in [-0.3, -0.25) is 4.98 Å². The van der Waals surface area contributed by atoms with Crippen molar-refractivity contribution < 1.29 is 8.98 Å². The first-order valence-electron chi connectivity index (χ1n) is 5.99. The van der Waals surface area contributed by atoms with E-state index in [4.69, 9.17) is 4.42 Å². The van der Waals surface area contributed by atoms with E-state index in [-0.39, 0.29) is 0 Å². The van der Waals surface area contributed by atoms with Crippen LogP contribution < -0.4 is 4.57 Å². The zero-order valence-electron chi connectivity index (χ0n) is 9.82. The summed E-state index contributed by atoms with van der Waals surface area (Å²) < 4.78 is 9.93. The van der Waals surface area contributed by atoms with Gasteiger partial charge in [0.1, 0.15) is 12.9 Å². The Labute approximate surface area is 107 Å². The number of imidazole rings is 1. The fraction of sp³-hybridized carbons (Fsp3) is 0.0769. The van der Waals surface area contributed by atoms with Gasteiger partial charge < -0.3 is 4.42 Å². The van der Waals surface area contributed by atoms with Crippen LogP contribution in [-0.2, 0) is 6.54 Å². The summed E-state index contributed by atoms with van der Waals surface area (Å²) in [5.41, 5.74) is 4.68. The lowest BCUT2D eigenvalue weighted by Crippen LogP contribution is -2.30. The van der Waals surface area contributed by atoms with Gasteiger partial charge >= 0.3 is 11.4 Å². The number of rotatable bonds is 0. The molecule has 0 atom stereocenters. The van der Waals surface area contributed by atoms with E-state index in [1.807, 2.05) is 22.7 Å². The Morgan fingerprint density at radius 3 is 3.16 bits per heavy atom. The summed E-state index contributed by atoms with van der Waals surface area (Å²) in [6, 6.07) is 3.84. The molecule has 19 heavy (non-hydrogen) atoms. The van der Waals surface area contributed by atoms with Crippen LogP contribution >= 0.6 is 0 Å². The molecule has 6 heteroatoms. The Balaban J connectivity index is 1.93. The van der Waals surface area contributed by atoms with Gasteiger partial charge in [-0.25, -0.2) is 9.38 Å². The molecule has 0 aliphatic carbocycles. The summed E-state index contributed by atoms with van der Waals surface area (Å²) in [5.74, 6) is 0.841. The fourth-order valence-electron chi connectivity index (χ4n) is 2.66. The maximum absolute atomic E-state index is 5.99. The summed E-state index contributed by atoms with van der Waals surface area (Å²) in [7, 11) is 0. The van der Waals surface area contributed by atoms with Crippen LogP contribution in [0.2, 0.25) is 0 Å².